The van der Waals surface area contributed by atoms with Gasteiger partial charge in [-0.05, 0) is 63.1 Å². The van der Waals surface area contributed by atoms with Crippen LogP contribution in [0.25, 0.3) is 5.57 Å². The maximum atomic E-state index is 14.1. The highest BCUT2D eigenvalue weighted by molar-refractivity contribution is 8.02. The van der Waals surface area contributed by atoms with Gasteiger partial charge < -0.3 is 0 Å². The van der Waals surface area contributed by atoms with Gasteiger partial charge >= 0.3 is 6.18 Å². The molecule has 32 heavy (non-hydrogen) atoms. The molecule has 3 heterocycles. The molecule has 2 aromatic carbocycles. The molecule has 2 aromatic rings. The van der Waals surface area contributed by atoms with Crippen molar-refractivity contribution in [1.82, 2.24) is 0 Å². The van der Waals surface area contributed by atoms with E-state index in [1.807, 2.05) is 45.9 Å². The van der Waals surface area contributed by atoms with Gasteiger partial charge in [0.2, 0.25) is 10.8 Å². The molecule has 8 heteroatoms. The third-order valence-electron chi connectivity index (χ3n) is 6.31. The number of aryl methyl sites for hydroxylation is 1. The monoisotopic (exact) mass is 458 g/mol. The van der Waals surface area contributed by atoms with Gasteiger partial charge in [0.05, 0.1) is 22.5 Å². The van der Waals surface area contributed by atoms with Crippen LogP contribution in [-0.2, 0) is 20.6 Å². The topological polar surface area (TPSA) is 40.6 Å². The number of anilines is 2. The van der Waals surface area contributed by atoms with E-state index in [9.17, 15) is 22.8 Å². The van der Waals surface area contributed by atoms with Crippen LogP contribution >= 0.6 is 11.8 Å². The second-order valence-electron chi connectivity index (χ2n) is 9.04. The lowest BCUT2D eigenvalue weighted by atomic mass is 9.88. The number of amides is 2. The van der Waals surface area contributed by atoms with E-state index in [0.29, 0.717) is 5.56 Å². The first-order valence-electron chi connectivity index (χ1n) is 10.2. The summed E-state index contributed by atoms with van der Waals surface area (Å²) in [5, 5.41) is 0. The van der Waals surface area contributed by atoms with E-state index < -0.39 is 22.1 Å². The Hall–Kier alpha value is -2.74. The van der Waals surface area contributed by atoms with E-state index >= 15 is 0 Å². The normalized spacial score (nSPS) is 23.8. The van der Waals surface area contributed by atoms with E-state index in [0.717, 1.165) is 34.5 Å². The van der Waals surface area contributed by atoms with Gasteiger partial charge in [0, 0.05) is 16.8 Å². The number of nitrogens with zero attached hydrogens (tertiary/aromatic N) is 2. The van der Waals surface area contributed by atoms with Crippen LogP contribution in [-0.4, -0.2) is 23.1 Å². The van der Waals surface area contributed by atoms with Gasteiger partial charge in [0.1, 0.15) is 0 Å². The van der Waals surface area contributed by atoms with Gasteiger partial charge in [-0.1, -0.05) is 18.2 Å². The molecule has 0 saturated carbocycles. The summed E-state index contributed by atoms with van der Waals surface area (Å²) >= 11 is 1.17. The maximum absolute atomic E-state index is 14.1. The Bertz CT molecular complexity index is 1230. The highest BCUT2D eigenvalue weighted by atomic mass is 32.2. The standard InChI is InChI=1S/C24H21F3N2O2S/c1-13-8-17-14(2)11-22(3,4)29-20(17)18(9-13)23(21(29)31)28(19(30)12-32-23)16-7-5-6-15(10-16)24(25,26)27/h5-11H,12H2,1-4H3/t23-/m0/s1. The Balaban J connectivity index is 1.79. The predicted octanol–water partition coefficient (Wildman–Crippen LogP) is 5.49. The minimum Gasteiger partial charge on any atom is -0.299 e. The third-order valence-corrected chi connectivity index (χ3v) is 7.69. The van der Waals surface area contributed by atoms with Crippen LogP contribution in [0.3, 0.4) is 0 Å². The second-order valence-corrected chi connectivity index (χ2v) is 10.2. The number of allylic oxidation sites excluding steroid dienone is 1. The molecule has 0 unspecified atom stereocenters. The van der Waals surface area contributed by atoms with Gasteiger partial charge in [-0.25, -0.2) is 0 Å². The summed E-state index contributed by atoms with van der Waals surface area (Å²) in [6.45, 7) is 7.76. The van der Waals surface area contributed by atoms with Crippen LogP contribution in [0.4, 0.5) is 24.5 Å². The fraction of sp³-hybridized carbons (Fsp3) is 0.333. The minimum atomic E-state index is -4.56. The lowest BCUT2D eigenvalue weighted by Crippen LogP contribution is -2.55. The zero-order valence-corrected chi connectivity index (χ0v) is 18.8. The molecule has 3 aliphatic rings. The first kappa shape index (κ1) is 21.1. The lowest BCUT2D eigenvalue weighted by Gasteiger charge is -2.40. The number of halogens is 3. The van der Waals surface area contributed by atoms with Crippen molar-refractivity contribution in [1.29, 1.82) is 0 Å². The summed E-state index contributed by atoms with van der Waals surface area (Å²) in [6.07, 6.45) is -2.54. The highest BCUT2D eigenvalue weighted by Crippen LogP contribution is 2.60. The van der Waals surface area contributed by atoms with Crippen molar-refractivity contribution in [3.05, 3.63) is 64.7 Å². The van der Waals surface area contributed by atoms with Gasteiger partial charge in [-0.15, -0.1) is 11.8 Å². The molecule has 1 fully saturated rings. The summed E-state index contributed by atoms with van der Waals surface area (Å²) in [6, 6.07) is 8.55. The van der Waals surface area contributed by atoms with Crippen LogP contribution < -0.4 is 9.80 Å². The van der Waals surface area contributed by atoms with E-state index in [4.69, 9.17) is 0 Å². The minimum absolute atomic E-state index is 0.00534. The van der Waals surface area contributed by atoms with Crippen molar-refractivity contribution in [2.24, 2.45) is 0 Å². The number of alkyl halides is 3. The molecular formula is C24H21F3N2O2S. The van der Waals surface area contributed by atoms with Crippen molar-refractivity contribution in [3.8, 4) is 0 Å². The van der Waals surface area contributed by atoms with Gasteiger partial charge in [-0.2, -0.15) is 13.2 Å². The fourth-order valence-corrected chi connectivity index (χ4v) is 6.47. The van der Waals surface area contributed by atoms with Crippen molar-refractivity contribution < 1.29 is 22.8 Å². The number of hydrogen-bond donors (Lipinski definition) is 0. The Morgan fingerprint density at radius 3 is 2.44 bits per heavy atom. The number of benzene rings is 2. The van der Waals surface area contributed by atoms with Crippen LogP contribution in [0, 0.1) is 6.92 Å². The zero-order valence-electron chi connectivity index (χ0n) is 18.0. The number of fused-ring (bicyclic) bond motifs is 1. The van der Waals surface area contributed by atoms with Crippen LogP contribution in [0.5, 0.6) is 0 Å². The summed E-state index contributed by atoms with van der Waals surface area (Å²) in [7, 11) is 0. The van der Waals surface area contributed by atoms with Crippen molar-refractivity contribution >= 4 is 40.5 Å². The molecule has 2 amide bonds. The summed E-state index contributed by atoms with van der Waals surface area (Å²) in [5.74, 6) is -0.688. The van der Waals surface area contributed by atoms with E-state index in [1.54, 1.807) is 4.90 Å². The molecule has 0 aromatic heterocycles. The SMILES string of the molecule is CC1=CC(C)(C)N2C(=O)[C@@]3(SCC(=O)N3c3cccc(C(F)(F)F)c3)c3cc(C)cc1c32. The number of carbonyl (C=O) groups excluding carboxylic acids is 2. The molecule has 0 N–H and O–H groups in total. The van der Waals surface area contributed by atoms with Crippen molar-refractivity contribution in [3.63, 3.8) is 0 Å². The van der Waals surface area contributed by atoms with Crippen LogP contribution in [0.2, 0.25) is 0 Å². The second kappa shape index (κ2) is 6.41. The number of rotatable bonds is 1. The predicted molar refractivity (Wildman–Crippen MR) is 119 cm³/mol. The van der Waals surface area contributed by atoms with E-state index in [1.165, 1.54) is 28.8 Å². The maximum Gasteiger partial charge on any atom is 0.416 e. The molecule has 0 aliphatic carbocycles. The molecule has 1 spiro atoms. The van der Waals surface area contributed by atoms with E-state index in [2.05, 4.69) is 0 Å². The molecule has 5 rings (SSSR count). The Morgan fingerprint density at radius 2 is 1.75 bits per heavy atom. The Kier molecular flexibility index (Phi) is 4.23. The highest BCUT2D eigenvalue weighted by Gasteiger charge is 2.64. The summed E-state index contributed by atoms with van der Waals surface area (Å²) in [4.78, 5) is 28.7. The molecule has 0 bridgehead atoms. The average Bonchev–Trinajstić information content (AvgIpc) is 3.16. The van der Waals surface area contributed by atoms with Gasteiger partial charge in [-0.3, -0.25) is 19.4 Å². The number of hydrogen-bond acceptors (Lipinski definition) is 3. The zero-order chi connectivity index (χ0) is 23.2. The average molecular weight is 459 g/mol. The number of thioether (sulfide) groups is 1. The molecular weight excluding hydrogens is 437 g/mol. The Morgan fingerprint density at radius 1 is 1.03 bits per heavy atom. The lowest BCUT2D eigenvalue weighted by molar-refractivity contribution is -0.137. The molecule has 3 aliphatic heterocycles. The first-order valence-corrected chi connectivity index (χ1v) is 11.2. The fourth-order valence-electron chi connectivity index (χ4n) is 5.14. The molecule has 166 valence electrons. The van der Waals surface area contributed by atoms with Crippen LogP contribution in [0.1, 0.15) is 43.0 Å². The first-order chi connectivity index (χ1) is 14.9. The largest absolute Gasteiger partial charge is 0.416 e. The molecule has 1 saturated heterocycles. The van der Waals surface area contributed by atoms with Crippen molar-refractivity contribution in [2.45, 2.75) is 44.3 Å². The van der Waals surface area contributed by atoms with Gasteiger partial charge in [0.15, 0.2) is 0 Å². The molecule has 0 radical (unpaired) electrons. The molecule has 4 nitrogen and oxygen atoms in total. The third kappa shape index (κ3) is 2.65. The van der Waals surface area contributed by atoms with Crippen molar-refractivity contribution in [2.75, 3.05) is 15.6 Å². The van der Waals surface area contributed by atoms with Crippen LogP contribution in [0.15, 0.2) is 42.5 Å². The summed E-state index contributed by atoms with van der Waals surface area (Å²) in [5.41, 5.74) is 2.82. The van der Waals surface area contributed by atoms with E-state index in [-0.39, 0.29) is 23.3 Å². The summed E-state index contributed by atoms with van der Waals surface area (Å²) < 4.78 is 40.3. The Labute approximate surface area is 188 Å². The smallest absolute Gasteiger partial charge is 0.299 e. The van der Waals surface area contributed by atoms with Gasteiger partial charge in [0.25, 0.3) is 5.91 Å². The molecule has 1 atom stereocenters. The quantitative estimate of drug-likeness (QED) is 0.568. The number of carbonyl (C=O) groups is 2.